The van der Waals surface area contributed by atoms with Crippen molar-refractivity contribution < 1.29 is 23.9 Å². The van der Waals surface area contributed by atoms with Gasteiger partial charge in [0.05, 0.1) is 23.8 Å². The second-order valence-electron chi connectivity index (χ2n) is 6.01. The fourth-order valence-corrected chi connectivity index (χ4v) is 3.31. The van der Waals surface area contributed by atoms with E-state index in [0.717, 1.165) is 4.90 Å². The molecule has 0 N–H and O–H groups in total. The number of carbonyl (C=O) groups excluding carboxylic acids is 4. The van der Waals surface area contributed by atoms with E-state index in [2.05, 4.69) is 0 Å². The largest absolute Gasteiger partial charge is 0.493 e. The molecule has 0 bridgehead atoms. The third kappa shape index (κ3) is 2.72. The molecule has 0 saturated heterocycles. The molecule has 1 aromatic carbocycles. The van der Waals surface area contributed by atoms with E-state index in [1.54, 1.807) is 25.1 Å². The third-order valence-corrected chi connectivity index (χ3v) is 4.47. The molecule has 1 aliphatic heterocycles. The molecule has 1 saturated carbocycles. The van der Waals surface area contributed by atoms with Crippen LogP contribution in [0.2, 0.25) is 0 Å². The number of Topliss-reactive ketones (excluding diaryl/α,β-unsaturated/α-hetero) is 2. The van der Waals surface area contributed by atoms with E-state index in [9.17, 15) is 19.2 Å². The summed E-state index contributed by atoms with van der Waals surface area (Å²) in [7, 11) is 0. The Kier molecular flexibility index (Phi) is 4.46. The SMILES string of the molecule is CCOc1cccc2c1C(=O)N(C1CCC(=O)CCCC1=O)C2=O. The number of fused-ring (bicyclic) bond motifs is 1. The molecule has 1 unspecified atom stereocenters. The Morgan fingerprint density at radius 1 is 1.08 bits per heavy atom. The van der Waals surface area contributed by atoms with Crippen LogP contribution in [-0.4, -0.2) is 40.9 Å². The van der Waals surface area contributed by atoms with Gasteiger partial charge in [-0.1, -0.05) is 6.07 Å². The summed E-state index contributed by atoms with van der Waals surface area (Å²) in [4.78, 5) is 50.7. The predicted octanol–water partition coefficient (Wildman–Crippen LogP) is 2.15. The second kappa shape index (κ2) is 6.55. The van der Waals surface area contributed by atoms with Crippen molar-refractivity contribution in [2.24, 2.45) is 0 Å². The second-order valence-corrected chi connectivity index (χ2v) is 6.01. The standard InChI is InChI=1S/C18H19NO5/c1-2-24-15-8-4-6-12-16(15)18(23)19(17(12)22)13-10-9-11(20)5-3-7-14(13)21/h4,6,8,13H,2-3,5,7,9-10H2,1H3. The molecule has 0 spiro atoms. The zero-order chi connectivity index (χ0) is 17.3. The Morgan fingerprint density at radius 3 is 2.62 bits per heavy atom. The number of ketones is 2. The highest BCUT2D eigenvalue weighted by molar-refractivity contribution is 6.24. The van der Waals surface area contributed by atoms with Gasteiger partial charge in [-0.25, -0.2) is 0 Å². The monoisotopic (exact) mass is 329 g/mol. The summed E-state index contributed by atoms with van der Waals surface area (Å²) >= 11 is 0. The lowest BCUT2D eigenvalue weighted by Crippen LogP contribution is -2.45. The van der Waals surface area contributed by atoms with Crippen LogP contribution in [0.4, 0.5) is 0 Å². The van der Waals surface area contributed by atoms with Crippen molar-refractivity contribution >= 4 is 23.4 Å². The van der Waals surface area contributed by atoms with Crippen molar-refractivity contribution in [2.75, 3.05) is 6.61 Å². The topological polar surface area (TPSA) is 80.8 Å². The van der Waals surface area contributed by atoms with Crippen LogP contribution < -0.4 is 4.74 Å². The van der Waals surface area contributed by atoms with Gasteiger partial charge >= 0.3 is 0 Å². The summed E-state index contributed by atoms with van der Waals surface area (Å²) in [5.74, 6) is -0.729. The first kappa shape index (κ1) is 16.4. The molecule has 126 valence electrons. The third-order valence-electron chi connectivity index (χ3n) is 4.47. The lowest BCUT2D eigenvalue weighted by atomic mass is 9.94. The molecule has 1 aromatic rings. The van der Waals surface area contributed by atoms with Crippen molar-refractivity contribution in [3.63, 3.8) is 0 Å². The zero-order valence-electron chi connectivity index (χ0n) is 13.5. The molecule has 6 heteroatoms. The maximum absolute atomic E-state index is 12.8. The van der Waals surface area contributed by atoms with Gasteiger partial charge in [0.1, 0.15) is 11.5 Å². The van der Waals surface area contributed by atoms with Crippen molar-refractivity contribution in [1.29, 1.82) is 0 Å². The Morgan fingerprint density at radius 2 is 1.88 bits per heavy atom. The Bertz CT molecular complexity index is 724. The minimum Gasteiger partial charge on any atom is -0.493 e. The van der Waals surface area contributed by atoms with Gasteiger partial charge in [0.15, 0.2) is 5.78 Å². The Balaban J connectivity index is 1.96. The van der Waals surface area contributed by atoms with E-state index in [4.69, 9.17) is 4.74 Å². The van der Waals surface area contributed by atoms with Crippen LogP contribution in [0.25, 0.3) is 0 Å². The normalized spacial score (nSPS) is 21.5. The van der Waals surface area contributed by atoms with Gasteiger partial charge in [-0.2, -0.15) is 0 Å². The summed E-state index contributed by atoms with van der Waals surface area (Å²) in [6.07, 6.45) is 1.48. The zero-order valence-corrected chi connectivity index (χ0v) is 13.5. The minimum atomic E-state index is -0.865. The van der Waals surface area contributed by atoms with Gasteiger partial charge in [-0.05, 0) is 31.9 Å². The molecule has 1 aliphatic carbocycles. The lowest BCUT2D eigenvalue weighted by Gasteiger charge is -2.26. The summed E-state index contributed by atoms with van der Waals surface area (Å²) in [6, 6.07) is 4.00. The molecular weight excluding hydrogens is 310 g/mol. The van der Waals surface area contributed by atoms with Crippen molar-refractivity contribution in [1.82, 2.24) is 4.90 Å². The average molecular weight is 329 g/mol. The van der Waals surface area contributed by atoms with E-state index in [-0.39, 0.29) is 42.0 Å². The Labute approximate surface area is 139 Å². The predicted molar refractivity (Wildman–Crippen MR) is 85.0 cm³/mol. The number of carbonyl (C=O) groups is 4. The number of imide groups is 1. The van der Waals surface area contributed by atoms with Gasteiger partial charge in [0.25, 0.3) is 11.8 Å². The molecule has 24 heavy (non-hydrogen) atoms. The van der Waals surface area contributed by atoms with Crippen molar-refractivity contribution in [3.05, 3.63) is 29.3 Å². The highest BCUT2D eigenvalue weighted by Gasteiger charge is 2.44. The van der Waals surface area contributed by atoms with E-state index >= 15 is 0 Å². The number of nitrogens with zero attached hydrogens (tertiary/aromatic N) is 1. The van der Waals surface area contributed by atoms with Gasteiger partial charge in [-0.15, -0.1) is 0 Å². The molecule has 2 aliphatic rings. The molecule has 0 aromatic heterocycles. The first-order chi connectivity index (χ1) is 11.5. The van der Waals surface area contributed by atoms with E-state index < -0.39 is 17.9 Å². The molecule has 1 heterocycles. The van der Waals surface area contributed by atoms with Crippen LogP contribution in [0.3, 0.4) is 0 Å². The summed E-state index contributed by atoms with van der Waals surface area (Å²) in [5.41, 5.74) is 0.470. The molecule has 3 rings (SSSR count). The van der Waals surface area contributed by atoms with Crippen molar-refractivity contribution in [3.8, 4) is 5.75 Å². The molecule has 1 atom stereocenters. The maximum atomic E-state index is 12.8. The quantitative estimate of drug-likeness (QED) is 0.794. The average Bonchev–Trinajstić information content (AvgIpc) is 2.80. The Hall–Kier alpha value is -2.50. The summed E-state index contributed by atoms with van der Waals surface area (Å²) < 4.78 is 5.45. The van der Waals surface area contributed by atoms with Gasteiger partial charge in [-0.3, -0.25) is 24.1 Å². The van der Waals surface area contributed by atoms with E-state index in [0.29, 0.717) is 25.2 Å². The first-order valence-electron chi connectivity index (χ1n) is 8.22. The van der Waals surface area contributed by atoms with Crippen LogP contribution in [0, 0.1) is 0 Å². The number of amides is 2. The van der Waals surface area contributed by atoms with Crippen LogP contribution in [0.15, 0.2) is 18.2 Å². The van der Waals surface area contributed by atoms with Crippen LogP contribution in [0.1, 0.15) is 59.7 Å². The highest BCUT2D eigenvalue weighted by Crippen LogP contribution is 2.34. The molecular formula is C18H19NO5. The molecule has 0 radical (unpaired) electrons. The number of ether oxygens (including phenoxy) is 1. The van der Waals surface area contributed by atoms with Crippen LogP contribution in [0.5, 0.6) is 5.75 Å². The minimum absolute atomic E-state index is 0.0686. The smallest absolute Gasteiger partial charge is 0.266 e. The number of benzene rings is 1. The summed E-state index contributed by atoms with van der Waals surface area (Å²) in [5, 5.41) is 0. The fraction of sp³-hybridized carbons (Fsp3) is 0.444. The number of hydrogen-bond donors (Lipinski definition) is 0. The van der Waals surface area contributed by atoms with Gasteiger partial charge < -0.3 is 4.74 Å². The molecule has 2 amide bonds. The van der Waals surface area contributed by atoms with Crippen LogP contribution >= 0.6 is 0 Å². The van der Waals surface area contributed by atoms with Gasteiger partial charge in [0.2, 0.25) is 0 Å². The van der Waals surface area contributed by atoms with Crippen LogP contribution in [-0.2, 0) is 9.59 Å². The number of hydrogen-bond acceptors (Lipinski definition) is 5. The number of rotatable bonds is 3. The highest BCUT2D eigenvalue weighted by atomic mass is 16.5. The molecule has 6 nitrogen and oxygen atoms in total. The molecule has 1 fully saturated rings. The van der Waals surface area contributed by atoms with Crippen molar-refractivity contribution in [2.45, 2.75) is 45.1 Å². The van der Waals surface area contributed by atoms with E-state index in [1.165, 1.54) is 0 Å². The lowest BCUT2D eigenvalue weighted by molar-refractivity contribution is -0.125. The first-order valence-corrected chi connectivity index (χ1v) is 8.22. The fourth-order valence-electron chi connectivity index (χ4n) is 3.31. The van der Waals surface area contributed by atoms with Gasteiger partial charge in [0, 0.05) is 19.3 Å². The maximum Gasteiger partial charge on any atom is 0.266 e. The van der Waals surface area contributed by atoms with E-state index in [1.807, 2.05) is 0 Å². The summed E-state index contributed by atoms with van der Waals surface area (Å²) in [6.45, 7) is 2.16.